The number of Topliss-reactive ketones (excluding diaryl/α,β-unsaturated/α-hetero) is 1. The van der Waals surface area contributed by atoms with Gasteiger partial charge in [0.05, 0.1) is 0 Å². The second kappa shape index (κ2) is 5.51. The van der Waals surface area contributed by atoms with E-state index in [4.69, 9.17) is 23.2 Å². The molecule has 1 heterocycles. The molecule has 0 aliphatic heterocycles. The minimum atomic E-state index is 0.00447. The maximum atomic E-state index is 12.1. The number of hydrogen-bond acceptors (Lipinski definition) is 2. The number of hydrogen-bond donors (Lipinski definition) is 0. The molecule has 0 fully saturated rings. The Morgan fingerprint density at radius 2 is 2.06 bits per heavy atom. The maximum absolute atomic E-state index is 12.1. The van der Waals surface area contributed by atoms with Gasteiger partial charge < -0.3 is 0 Å². The quantitative estimate of drug-likeness (QED) is 0.791. The van der Waals surface area contributed by atoms with Gasteiger partial charge in [-0.2, -0.15) is 0 Å². The van der Waals surface area contributed by atoms with E-state index in [1.54, 1.807) is 30.6 Å². The third-order valence-electron chi connectivity index (χ3n) is 2.71. The zero-order valence-corrected chi connectivity index (χ0v) is 11.3. The van der Waals surface area contributed by atoms with Crippen LogP contribution in [0.3, 0.4) is 0 Å². The van der Waals surface area contributed by atoms with Crippen LogP contribution in [0, 0.1) is 6.92 Å². The SMILES string of the molecule is Cc1ccncc1C(=O)Cc1ccc(Cl)cc1Cl. The molecule has 1 aromatic carbocycles. The van der Waals surface area contributed by atoms with Gasteiger partial charge in [0.25, 0.3) is 0 Å². The molecule has 2 nitrogen and oxygen atoms in total. The average Bonchev–Trinajstić information content (AvgIpc) is 2.33. The molecule has 0 unspecified atom stereocenters. The van der Waals surface area contributed by atoms with E-state index in [1.165, 1.54) is 0 Å². The van der Waals surface area contributed by atoms with Crippen LogP contribution in [0.5, 0.6) is 0 Å². The zero-order chi connectivity index (χ0) is 13.1. The first kappa shape index (κ1) is 13.1. The summed E-state index contributed by atoms with van der Waals surface area (Å²) in [6.07, 6.45) is 3.51. The third kappa shape index (κ3) is 2.89. The summed E-state index contributed by atoms with van der Waals surface area (Å²) in [6, 6.07) is 6.96. The molecule has 0 radical (unpaired) electrons. The number of benzene rings is 1. The highest BCUT2D eigenvalue weighted by Gasteiger charge is 2.12. The first-order valence-electron chi connectivity index (χ1n) is 5.45. The molecule has 1 aromatic heterocycles. The lowest BCUT2D eigenvalue weighted by molar-refractivity contribution is 0.0992. The highest BCUT2D eigenvalue weighted by molar-refractivity contribution is 6.35. The minimum absolute atomic E-state index is 0.00447. The maximum Gasteiger partial charge on any atom is 0.169 e. The fourth-order valence-electron chi connectivity index (χ4n) is 1.69. The molecule has 0 aliphatic rings. The lowest BCUT2D eigenvalue weighted by Crippen LogP contribution is -2.06. The van der Waals surface area contributed by atoms with Gasteiger partial charge in [0.1, 0.15) is 0 Å². The molecule has 0 N–H and O–H groups in total. The predicted molar refractivity (Wildman–Crippen MR) is 73.5 cm³/mol. The Morgan fingerprint density at radius 3 is 2.72 bits per heavy atom. The molecular formula is C14H11Cl2NO. The second-order valence-corrected chi connectivity index (χ2v) is 4.87. The van der Waals surface area contributed by atoms with Crippen molar-refractivity contribution in [2.45, 2.75) is 13.3 Å². The fraction of sp³-hybridized carbons (Fsp3) is 0.143. The largest absolute Gasteiger partial charge is 0.294 e. The Morgan fingerprint density at radius 1 is 1.28 bits per heavy atom. The van der Waals surface area contributed by atoms with Crippen LogP contribution in [0.4, 0.5) is 0 Å². The number of carbonyl (C=O) groups excluding carboxylic acids is 1. The van der Waals surface area contributed by atoms with Crippen molar-refractivity contribution >= 4 is 29.0 Å². The van der Waals surface area contributed by atoms with Gasteiger partial charge in [-0.05, 0) is 36.2 Å². The van der Waals surface area contributed by atoms with Crippen molar-refractivity contribution in [1.29, 1.82) is 0 Å². The third-order valence-corrected chi connectivity index (χ3v) is 3.29. The van der Waals surface area contributed by atoms with Crippen molar-refractivity contribution in [1.82, 2.24) is 4.98 Å². The number of ketones is 1. The Labute approximate surface area is 116 Å². The molecule has 2 rings (SSSR count). The van der Waals surface area contributed by atoms with E-state index < -0.39 is 0 Å². The number of halogens is 2. The summed E-state index contributed by atoms with van der Waals surface area (Å²) in [5.41, 5.74) is 2.32. The highest BCUT2D eigenvalue weighted by atomic mass is 35.5. The van der Waals surface area contributed by atoms with Crippen molar-refractivity contribution in [2.75, 3.05) is 0 Å². The molecule has 2 aromatic rings. The van der Waals surface area contributed by atoms with Crippen molar-refractivity contribution < 1.29 is 4.79 Å². The molecule has 0 amide bonds. The van der Waals surface area contributed by atoms with Crippen LogP contribution in [0.25, 0.3) is 0 Å². The molecule has 0 spiro atoms. The number of rotatable bonds is 3. The molecule has 0 saturated heterocycles. The average molecular weight is 280 g/mol. The summed E-state index contributed by atoms with van der Waals surface area (Å²) in [6.45, 7) is 1.89. The monoisotopic (exact) mass is 279 g/mol. The van der Waals surface area contributed by atoms with Gasteiger partial charge in [0.2, 0.25) is 0 Å². The lowest BCUT2D eigenvalue weighted by Gasteiger charge is -2.06. The van der Waals surface area contributed by atoms with E-state index in [2.05, 4.69) is 4.98 Å². The van der Waals surface area contributed by atoms with E-state index in [-0.39, 0.29) is 12.2 Å². The van der Waals surface area contributed by atoms with Gasteiger partial charge in [0.15, 0.2) is 5.78 Å². The van der Waals surface area contributed by atoms with E-state index in [1.807, 2.05) is 13.0 Å². The van der Waals surface area contributed by atoms with Crippen molar-refractivity contribution in [2.24, 2.45) is 0 Å². The van der Waals surface area contributed by atoms with Crippen molar-refractivity contribution in [3.05, 3.63) is 63.4 Å². The smallest absolute Gasteiger partial charge is 0.169 e. The van der Waals surface area contributed by atoms with Crippen LogP contribution in [0.15, 0.2) is 36.7 Å². The molecule has 18 heavy (non-hydrogen) atoms. The van der Waals surface area contributed by atoms with Gasteiger partial charge >= 0.3 is 0 Å². The van der Waals surface area contributed by atoms with Gasteiger partial charge in [-0.1, -0.05) is 29.3 Å². The molecule has 0 bridgehead atoms. The van der Waals surface area contributed by atoms with Crippen LogP contribution in [-0.4, -0.2) is 10.8 Å². The van der Waals surface area contributed by atoms with E-state index in [0.717, 1.165) is 11.1 Å². The molecule has 0 aliphatic carbocycles. The van der Waals surface area contributed by atoms with E-state index >= 15 is 0 Å². The summed E-state index contributed by atoms with van der Waals surface area (Å²) >= 11 is 11.9. The Hall–Kier alpha value is -1.38. The molecule has 0 saturated carbocycles. The van der Waals surface area contributed by atoms with Crippen LogP contribution in [0.1, 0.15) is 21.5 Å². The van der Waals surface area contributed by atoms with Crippen LogP contribution >= 0.6 is 23.2 Å². The van der Waals surface area contributed by atoms with Gasteiger partial charge in [-0.3, -0.25) is 9.78 Å². The van der Waals surface area contributed by atoms with Crippen LogP contribution < -0.4 is 0 Å². The number of aryl methyl sites for hydroxylation is 1. The van der Waals surface area contributed by atoms with Crippen molar-refractivity contribution in [3.63, 3.8) is 0 Å². The number of nitrogens with zero attached hydrogens (tertiary/aromatic N) is 1. The van der Waals surface area contributed by atoms with Gasteiger partial charge in [0, 0.05) is 34.4 Å². The molecule has 0 atom stereocenters. The summed E-state index contributed by atoms with van der Waals surface area (Å²) in [5, 5.41) is 1.08. The fourth-order valence-corrected chi connectivity index (χ4v) is 2.16. The lowest BCUT2D eigenvalue weighted by atomic mass is 10.0. The Bertz CT molecular complexity index is 596. The number of carbonyl (C=O) groups is 1. The van der Waals surface area contributed by atoms with Gasteiger partial charge in [-0.25, -0.2) is 0 Å². The Balaban J connectivity index is 2.24. The van der Waals surface area contributed by atoms with E-state index in [0.29, 0.717) is 15.6 Å². The molecule has 4 heteroatoms. The topological polar surface area (TPSA) is 30.0 Å². The first-order chi connectivity index (χ1) is 8.58. The summed E-state index contributed by atoms with van der Waals surface area (Å²) in [4.78, 5) is 16.1. The number of aromatic nitrogens is 1. The predicted octanol–water partition coefficient (Wildman–Crippen LogP) is 4.12. The molecule has 92 valence electrons. The summed E-state index contributed by atoms with van der Waals surface area (Å²) in [7, 11) is 0. The standard InChI is InChI=1S/C14H11Cl2NO/c1-9-4-5-17-8-12(9)14(18)6-10-2-3-11(15)7-13(10)16/h2-5,7-8H,6H2,1H3. The normalized spacial score (nSPS) is 10.4. The Kier molecular flexibility index (Phi) is 4.00. The minimum Gasteiger partial charge on any atom is -0.294 e. The van der Waals surface area contributed by atoms with Crippen molar-refractivity contribution in [3.8, 4) is 0 Å². The van der Waals surface area contributed by atoms with Gasteiger partial charge in [-0.15, -0.1) is 0 Å². The second-order valence-electron chi connectivity index (χ2n) is 4.03. The summed E-state index contributed by atoms with van der Waals surface area (Å²) in [5.74, 6) is 0.00447. The van der Waals surface area contributed by atoms with Crippen LogP contribution in [-0.2, 0) is 6.42 Å². The summed E-state index contributed by atoms with van der Waals surface area (Å²) < 4.78 is 0. The highest BCUT2D eigenvalue weighted by Crippen LogP contribution is 2.22. The molecular weight excluding hydrogens is 269 g/mol. The zero-order valence-electron chi connectivity index (χ0n) is 9.78. The number of pyridine rings is 1. The first-order valence-corrected chi connectivity index (χ1v) is 6.21. The van der Waals surface area contributed by atoms with Crippen LogP contribution in [0.2, 0.25) is 10.0 Å². The van der Waals surface area contributed by atoms with E-state index in [9.17, 15) is 4.79 Å².